The zero-order valence-corrected chi connectivity index (χ0v) is 58.4. The van der Waals surface area contributed by atoms with Gasteiger partial charge in [-0.15, -0.1) is 11.8 Å². The largest absolute Gasteiger partial charge is 0.491 e. The number of ether oxygens (including phenoxy) is 7. The lowest BCUT2D eigenvalue weighted by molar-refractivity contribution is -0.205. The van der Waals surface area contributed by atoms with Gasteiger partial charge < -0.3 is 104 Å². The molecule has 0 amide bonds. The number of H-pyrrole nitrogens is 2. The van der Waals surface area contributed by atoms with Crippen molar-refractivity contribution in [2.24, 2.45) is 11.8 Å². The van der Waals surface area contributed by atoms with E-state index in [2.05, 4.69) is 46.4 Å². The molecule has 14 N–H and O–H groups in total. The number of aliphatic hydroxyl groups excluding tert-OH is 12. The Hall–Kier alpha value is -6.71. The van der Waals surface area contributed by atoms with Gasteiger partial charge in [0.05, 0.1) is 93.4 Å². The van der Waals surface area contributed by atoms with Crippen molar-refractivity contribution in [3.63, 3.8) is 0 Å². The summed E-state index contributed by atoms with van der Waals surface area (Å²) in [6, 6.07) is 41.9. The second kappa shape index (κ2) is 35.9. The van der Waals surface area contributed by atoms with E-state index in [1.54, 1.807) is 0 Å². The van der Waals surface area contributed by atoms with E-state index in [4.69, 9.17) is 43.1 Å². The summed E-state index contributed by atoms with van der Waals surface area (Å²) in [7, 11) is 0. The van der Waals surface area contributed by atoms with Gasteiger partial charge in [0.1, 0.15) is 79.1 Å². The summed E-state index contributed by atoms with van der Waals surface area (Å²) in [5.74, 6) is 2.35. The number of thioether (sulfide) groups is 3. The van der Waals surface area contributed by atoms with Gasteiger partial charge in [0.2, 0.25) is 0 Å². The Balaban J connectivity index is 0.817. The highest BCUT2D eigenvalue weighted by Gasteiger charge is 2.45. The van der Waals surface area contributed by atoms with Crippen LogP contribution >= 0.6 is 35.3 Å². The van der Waals surface area contributed by atoms with Gasteiger partial charge in [-0.3, -0.25) is 0 Å². The van der Waals surface area contributed by atoms with E-state index in [1.165, 1.54) is 35.3 Å². The van der Waals surface area contributed by atoms with Crippen LogP contribution in [0.1, 0.15) is 35.6 Å². The third-order valence-electron chi connectivity index (χ3n) is 18.9. The molecule has 15 atom stereocenters. The highest BCUT2D eigenvalue weighted by Crippen LogP contribution is 2.41. The van der Waals surface area contributed by atoms with Crippen LogP contribution in [-0.4, -0.2) is 255 Å². The number of nitrogens with one attached hydrogen (secondary N) is 2. The smallest absolute Gasteiger partial charge is 0.132 e. The number of aliphatic hydroxyl groups is 12. The molecule has 7 aromatic rings. The predicted molar refractivity (Wildman–Crippen MR) is 395 cm³/mol. The van der Waals surface area contributed by atoms with Gasteiger partial charge in [0.15, 0.2) is 0 Å². The molecule has 3 aromatic heterocycles. The molecule has 2 aliphatic carbocycles. The Morgan fingerprint density at radius 3 is 1.05 bits per heavy atom. The number of hydrogen-bond donors (Lipinski definition) is 14. The normalized spacial score (nSPS) is 25.6. The van der Waals surface area contributed by atoms with E-state index in [0.29, 0.717) is 91.8 Å². The van der Waals surface area contributed by atoms with Crippen molar-refractivity contribution in [1.82, 2.24) is 19.9 Å². The minimum absolute atomic E-state index is 0.248. The Morgan fingerprint density at radius 2 is 0.696 bits per heavy atom. The molecule has 15 unspecified atom stereocenters. The first kappa shape index (κ1) is 75.0. The first-order chi connectivity index (χ1) is 49.7. The predicted octanol–water partition coefficient (Wildman–Crippen LogP) is 6.44. The third-order valence-corrected chi connectivity index (χ3v) is 22.6. The highest BCUT2D eigenvalue weighted by atomic mass is 32.2. The Morgan fingerprint density at radius 1 is 0.353 bits per heavy atom. The van der Waals surface area contributed by atoms with Gasteiger partial charge in [-0.2, -0.15) is 23.5 Å². The Kier molecular flexibility index (Phi) is 26.4. The molecule has 4 aromatic carbocycles. The molecule has 544 valence electrons. The summed E-state index contributed by atoms with van der Waals surface area (Å²) in [5.41, 5.74) is 12.1. The number of fused-ring (bicyclic) bond motifs is 8. The first-order valence-electron chi connectivity index (χ1n) is 34.3. The van der Waals surface area contributed by atoms with Crippen LogP contribution in [0, 0.1) is 11.8 Å². The van der Waals surface area contributed by atoms with Crippen LogP contribution in [0.4, 0.5) is 0 Å². The van der Waals surface area contributed by atoms with Crippen molar-refractivity contribution >= 4 is 81.7 Å². The molecule has 1 saturated heterocycles. The molecular weight excluding hydrogens is 1370 g/mol. The number of nitrogens with zero attached hydrogens (tertiary/aromatic N) is 2. The van der Waals surface area contributed by atoms with E-state index < -0.39 is 84.9 Å². The summed E-state index contributed by atoms with van der Waals surface area (Å²) >= 11 is 4.10. The highest BCUT2D eigenvalue weighted by molar-refractivity contribution is 8.00. The fraction of sp³-hybridized carbons (Fsp3) is 0.421. The van der Waals surface area contributed by atoms with E-state index in [-0.39, 0.29) is 50.1 Å². The lowest BCUT2D eigenvalue weighted by Crippen LogP contribution is -2.57. The van der Waals surface area contributed by atoms with Crippen LogP contribution in [0.2, 0.25) is 0 Å². The molecule has 2 saturated carbocycles. The van der Waals surface area contributed by atoms with E-state index >= 15 is 0 Å². The summed E-state index contributed by atoms with van der Waals surface area (Å²) in [6.45, 7) is 1.65. The van der Waals surface area contributed by atoms with Crippen molar-refractivity contribution < 1.29 is 94.4 Å². The van der Waals surface area contributed by atoms with Crippen molar-refractivity contribution in [2.75, 3.05) is 96.5 Å². The van der Waals surface area contributed by atoms with Gasteiger partial charge in [-0.25, -0.2) is 9.97 Å². The number of aromatic amines is 2. The minimum atomic E-state index is -1.44. The summed E-state index contributed by atoms with van der Waals surface area (Å²) < 4.78 is 41.7. The molecule has 3 aliphatic heterocycles. The maximum absolute atomic E-state index is 10.6. The van der Waals surface area contributed by atoms with Crippen LogP contribution in [0.15, 0.2) is 127 Å². The standard InChI is InChI=1S/C76H88N4O19S3/c81-40-47-38-61(70(87)72(89)67(47)84)100-35-32-93-26-29-96-49-12-6-44(7-13-49)64-54-20-18-52(77-54)63(43-4-2-1-3-5-43)53-19-21-55(78-53)65(45-8-16-51(17-9-45)98-31-28-95-34-37-102-76-75(92)74(91)69(86)60(42-83)99-76)57-23-25-59(80-57)66(58-24-22-56(64)79-58)46-10-14-50(15-11-46)97-30-27-94-33-36-101-62-39-48(41-82)68(85)73(90)71(62)88/h1-25,47-48,60-62,67-76,78-79,81-92H,26-42H2. The molecular formula is C76H88N4O19S3. The van der Waals surface area contributed by atoms with Gasteiger partial charge in [0.25, 0.3) is 0 Å². The van der Waals surface area contributed by atoms with Gasteiger partial charge in [-0.05, 0) is 120 Å². The van der Waals surface area contributed by atoms with Gasteiger partial charge in [-0.1, -0.05) is 66.7 Å². The minimum Gasteiger partial charge on any atom is -0.491 e. The lowest BCUT2D eigenvalue weighted by Gasteiger charge is -2.39. The molecule has 23 nitrogen and oxygen atoms in total. The average Bonchev–Trinajstić information content (AvgIpc) is 1.61. The fourth-order valence-corrected chi connectivity index (χ4v) is 16.9. The summed E-state index contributed by atoms with van der Waals surface area (Å²) in [6.07, 6.45) is -3.51. The van der Waals surface area contributed by atoms with Crippen LogP contribution in [0.25, 0.3) is 90.9 Å². The van der Waals surface area contributed by atoms with Crippen LogP contribution in [-0.2, 0) is 18.9 Å². The summed E-state index contributed by atoms with van der Waals surface area (Å²) in [5, 5.41) is 121. The maximum Gasteiger partial charge on any atom is 0.132 e. The molecule has 102 heavy (non-hydrogen) atoms. The number of aromatic nitrogens is 4. The van der Waals surface area contributed by atoms with Crippen molar-refractivity contribution in [3.05, 3.63) is 150 Å². The zero-order valence-electron chi connectivity index (χ0n) is 56.0. The summed E-state index contributed by atoms with van der Waals surface area (Å²) in [4.78, 5) is 18.6. The fourth-order valence-electron chi connectivity index (χ4n) is 13.3. The molecule has 5 aliphatic rings. The number of rotatable bonds is 31. The van der Waals surface area contributed by atoms with Crippen LogP contribution in [0.3, 0.4) is 0 Å². The average molecular weight is 1460 g/mol. The van der Waals surface area contributed by atoms with Gasteiger partial charge in [0, 0.05) is 97.1 Å². The van der Waals surface area contributed by atoms with Crippen molar-refractivity contribution in [1.29, 1.82) is 0 Å². The van der Waals surface area contributed by atoms with E-state index in [9.17, 15) is 61.3 Å². The second-order valence-electron chi connectivity index (χ2n) is 25.5. The molecule has 8 bridgehead atoms. The quantitative estimate of drug-likeness (QED) is 0.0208. The van der Waals surface area contributed by atoms with Crippen molar-refractivity contribution in [3.8, 4) is 61.8 Å². The van der Waals surface area contributed by atoms with Crippen LogP contribution in [0.5, 0.6) is 17.2 Å². The molecule has 0 radical (unpaired) electrons. The van der Waals surface area contributed by atoms with E-state index in [0.717, 1.165) is 78.0 Å². The topological polar surface area (TPSA) is 365 Å². The van der Waals surface area contributed by atoms with Crippen LogP contribution < -0.4 is 14.2 Å². The van der Waals surface area contributed by atoms with Crippen molar-refractivity contribution in [2.45, 2.75) is 89.8 Å². The Bertz CT molecular complexity index is 4000. The molecule has 26 heteroatoms. The maximum atomic E-state index is 10.6. The van der Waals surface area contributed by atoms with E-state index in [1.807, 2.05) is 115 Å². The molecule has 0 spiro atoms. The SMILES string of the molecule is OCC1CC(SCCOCCOc2ccc(-c3c4nc(c(-c5ccccc5)c5ccc([nH]5)c(-c5ccc(OCCOCCSC6OC(CO)C(O)C(O)C6O)cc5)c5nc(c(-c6ccc(OCCOCCSC7CC(CO)C(O)C(O)C7O)cc6)c6ccc3[nH]6)C=C5)C=C4)cc2)C(O)C(O)C1O. The second-order valence-corrected chi connectivity index (χ2v) is 29.4. The molecule has 6 heterocycles. The Labute approximate surface area is 602 Å². The van der Waals surface area contributed by atoms with Gasteiger partial charge >= 0.3 is 0 Å². The first-order valence-corrected chi connectivity index (χ1v) is 37.4. The number of benzene rings is 4. The third kappa shape index (κ3) is 17.8. The monoisotopic (exact) mass is 1460 g/mol. The lowest BCUT2D eigenvalue weighted by atomic mass is 9.83. The zero-order chi connectivity index (χ0) is 71.2. The molecule has 12 rings (SSSR count). The molecule has 3 fully saturated rings. The number of hydrogen-bond acceptors (Lipinski definition) is 24.